The van der Waals surface area contributed by atoms with Crippen LogP contribution in [-0.4, -0.2) is 18.2 Å². The Morgan fingerprint density at radius 2 is 2.20 bits per heavy atom. The second-order valence-electron chi connectivity index (χ2n) is 3.58. The van der Waals surface area contributed by atoms with E-state index in [0.29, 0.717) is 11.4 Å². The molecule has 1 aromatic rings. The molecule has 0 aromatic heterocycles. The predicted octanol–water partition coefficient (Wildman–Crippen LogP) is 1.02. The van der Waals surface area contributed by atoms with E-state index in [-0.39, 0.29) is 10.8 Å². The van der Waals surface area contributed by atoms with Gasteiger partial charge >= 0.3 is 5.97 Å². The quantitative estimate of drug-likeness (QED) is 0.487. The third-order valence-electron chi connectivity index (χ3n) is 2.35. The van der Waals surface area contributed by atoms with E-state index in [1.165, 1.54) is 11.2 Å². The smallest absolute Gasteiger partial charge is 0.378 e. The van der Waals surface area contributed by atoms with Gasteiger partial charge in [0.2, 0.25) is 5.11 Å². The first-order chi connectivity index (χ1) is 9.61. The molecule has 2 rings (SSSR count). The van der Waals surface area contributed by atoms with Crippen molar-refractivity contribution < 1.29 is 14.4 Å². The fourth-order valence-electron chi connectivity index (χ4n) is 1.45. The zero-order valence-corrected chi connectivity index (χ0v) is 11.3. The Morgan fingerprint density at radius 1 is 1.50 bits per heavy atom. The van der Waals surface area contributed by atoms with Crippen LogP contribution < -0.4 is 21.1 Å². The zero-order chi connectivity index (χ0) is 14.5. The molecule has 0 saturated carbocycles. The molecule has 1 aliphatic heterocycles. The van der Waals surface area contributed by atoms with Gasteiger partial charge in [-0.3, -0.25) is 0 Å². The second kappa shape index (κ2) is 6.08. The molecular formula is C11H11N5O3S. The number of benzene rings is 1. The van der Waals surface area contributed by atoms with Gasteiger partial charge in [0.15, 0.2) is 5.70 Å². The summed E-state index contributed by atoms with van der Waals surface area (Å²) >= 11 is 4.54. The minimum atomic E-state index is -0.595. The molecule has 1 aromatic carbocycles. The van der Waals surface area contributed by atoms with Crippen molar-refractivity contribution in [2.75, 3.05) is 12.1 Å². The number of rotatable bonds is 3. The van der Waals surface area contributed by atoms with Gasteiger partial charge in [0.25, 0.3) is 0 Å². The van der Waals surface area contributed by atoms with Gasteiger partial charge in [-0.25, -0.2) is 9.80 Å². The van der Waals surface area contributed by atoms with Gasteiger partial charge in [-0.1, -0.05) is 5.59 Å². The summed E-state index contributed by atoms with van der Waals surface area (Å²) in [5.41, 5.74) is 8.44. The van der Waals surface area contributed by atoms with Crippen LogP contribution in [0.4, 0.5) is 5.69 Å². The number of carbonyl (C=O) groups is 1. The lowest BCUT2D eigenvalue weighted by Gasteiger charge is -2.14. The van der Waals surface area contributed by atoms with Crippen molar-refractivity contribution in [1.29, 1.82) is 0 Å². The first-order valence-electron chi connectivity index (χ1n) is 5.43. The summed E-state index contributed by atoms with van der Waals surface area (Å²) in [6.07, 6.45) is 1.20. The van der Waals surface area contributed by atoms with Crippen molar-refractivity contribution in [1.82, 2.24) is 5.59 Å². The van der Waals surface area contributed by atoms with Crippen LogP contribution in [0.2, 0.25) is 0 Å². The molecule has 0 bridgehead atoms. The first-order valence-corrected chi connectivity index (χ1v) is 5.84. The Bertz CT molecular complexity index is 584. The minimum Gasteiger partial charge on any atom is -0.497 e. The molecular weight excluding hydrogens is 282 g/mol. The van der Waals surface area contributed by atoms with Crippen molar-refractivity contribution in [2.24, 2.45) is 16.0 Å². The molecule has 1 fully saturated rings. The van der Waals surface area contributed by atoms with E-state index in [1.54, 1.807) is 31.4 Å². The number of thiocarbonyl (C=S) groups is 1. The molecule has 1 aliphatic rings. The van der Waals surface area contributed by atoms with Crippen molar-refractivity contribution in [3.05, 3.63) is 36.2 Å². The molecule has 0 amide bonds. The number of azo groups is 1. The average Bonchev–Trinajstić information content (AvgIpc) is 2.80. The maximum absolute atomic E-state index is 11.6. The fraction of sp³-hybridized carbons (Fsp3) is 0.0909. The Kier molecular flexibility index (Phi) is 4.23. The minimum absolute atomic E-state index is 0.128. The highest BCUT2D eigenvalue weighted by Gasteiger charge is 2.29. The van der Waals surface area contributed by atoms with E-state index in [9.17, 15) is 4.79 Å². The Hall–Kier alpha value is -2.52. The number of nitrogens with zero attached hydrogens (tertiary/aromatic N) is 3. The number of methoxy groups -OCH3 is 1. The van der Waals surface area contributed by atoms with Crippen molar-refractivity contribution >= 4 is 29.0 Å². The molecule has 1 heterocycles. The third kappa shape index (κ3) is 3.08. The number of nitrogens with one attached hydrogen (secondary N) is 1. The lowest BCUT2D eigenvalue weighted by atomic mass is 10.3. The third-order valence-corrected chi connectivity index (χ3v) is 2.43. The summed E-state index contributed by atoms with van der Waals surface area (Å²) in [4.78, 5) is 16.3. The van der Waals surface area contributed by atoms with Crippen LogP contribution in [0.15, 0.2) is 46.4 Å². The van der Waals surface area contributed by atoms with Crippen LogP contribution in [-0.2, 0) is 9.63 Å². The van der Waals surface area contributed by atoms with Gasteiger partial charge < -0.3 is 15.3 Å². The van der Waals surface area contributed by atoms with E-state index in [1.807, 2.05) is 0 Å². The normalized spacial score (nSPS) is 16.8. The van der Waals surface area contributed by atoms with Gasteiger partial charge in [-0.2, -0.15) is 5.11 Å². The monoisotopic (exact) mass is 293 g/mol. The van der Waals surface area contributed by atoms with E-state index in [2.05, 4.69) is 28.0 Å². The first kappa shape index (κ1) is 13.9. The van der Waals surface area contributed by atoms with Crippen LogP contribution in [0.3, 0.4) is 0 Å². The predicted molar refractivity (Wildman–Crippen MR) is 74.4 cm³/mol. The van der Waals surface area contributed by atoms with E-state index in [4.69, 9.17) is 15.3 Å². The molecule has 3 N–H and O–H groups in total. The standard InChI is InChI=1S/C11H11N5O3S/c1-18-8-4-2-7(3-5-8)16-9(10(17)19-15-16)6-13-14-11(12)20/h2-6,15H,1H3,(H2,12,20)/b9-6+,14-13?. The van der Waals surface area contributed by atoms with Crippen LogP contribution in [0.25, 0.3) is 0 Å². The topological polar surface area (TPSA) is 102 Å². The SMILES string of the molecule is COc1ccc(N2NOC(=O)/C2=C\N=NC(N)=S)cc1. The zero-order valence-electron chi connectivity index (χ0n) is 10.4. The lowest BCUT2D eigenvalue weighted by Crippen LogP contribution is -2.28. The molecule has 104 valence electrons. The summed E-state index contributed by atoms with van der Waals surface area (Å²) in [6.45, 7) is 0. The van der Waals surface area contributed by atoms with E-state index >= 15 is 0 Å². The summed E-state index contributed by atoms with van der Waals surface area (Å²) in [7, 11) is 1.57. The molecule has 0 unspecified atom stereocenters. The Morgan fingerprint density at radius 3 is 2.80 bits per heavy atom. The molecule has 0 atom stereocenters. The summed E-state index contributed by atoms with van der Waals surface area (Å²) in [6, 6.07) is 6.97. The largest absolute Gasteiger partial charge is 0.497 e. The van der Waals surface area contributed by atoms with Gasteiger partial charge in [0.1, 0.15) is 5.75 Å². The van der Waals surface area contributed by atoms with Gasteiger partial charge in [0.05, 0.1) is 19.0 Å². The lowest BCUT2D eigenvalue weighted by molar-refractivity contribution is -0.140. The van der Waals surface area contributed by atoms with Crippen LogP contribution in [0.1, 0.15) is 0 Å². The number of hydrazine groups is 1. The van der Waals surface area contributed by atoms with Crippen LogP contribution in [0.5, 0.6) is 5.75 Å². The highest BCUT2D eigenvalue weighted by molar-refractivity contribution is 7.80. The fourth-order valence-corrected chi connectivity index (χ4v) is 1.50. The van der Waals surface area contributed by atoms with Crippen molar-refractivity contribution in [3.63, 3.8) is 0 Å². The second-order valence-corrected chi connectivity index (χ2v) is 4.00. The van der Waals surface area contributed by atoms with Crippen molar-refractivity contribution in [2.45, 2.75) is 0 Å². The molecule has 8 nitrogen and oxygen atoms in total. The average molecular weight is 293 g/mol. The number of anilines is 1. The highest BCUT2D eigenvalue weighted by atomic mass is 32.1. The number of hydrogen-bond acceptors (Lipinski definition) is 7. The highest BCUT2D eigenvalue weighted by Crippen LogP contribution is 2.24. The summed E-state index contributed by atoms with van der Waals surface area (Å²) in [5, 5.41) is 8.33. The summed E-state index contributed by atoms with van der Waals surface area (Å²) < 4.78 is 5.06. The van der Waals surface area contributed by atoms with Gasteiger partial charge in [-0.05, 0) is 36.5 Å². The molecule has 0 radical (unpaired) electrons. The van der Waals surface area contributed by atoms with Gasteiger partial charge in [-0.15, -0.1) is 5.11 Å². The van der Waals surface area contributed by atoms with E-state index < -0.39 is 5.97 Å². The number of carbonyl (C=O) groups excluding carboxylic acids is 1. The Labute approximate surface area is 119 Å². The maximum Gasteiger partial charge on any atom is 0.378 e. The number of nitrogens with two attached hydrogens (primary N) is 1. The molecule has 20 heavy (non-hydrogen) atoms. The molecule has 9 heteroatoms. The Balaban J connectivity index is 2.24. The van der Waals surface area contributed by atoms with E-state index in [0.717, 1.165) is 0 Å². The molecule has 1 saturated heterocycles. The van der Waals surface area contributed by atoms with Gasteiger partial charge in [0, 0.05) is 0 Å². The number of hydrogen-bond donors (Lipinski definition) is 2. The maximum atomic E-state index is 11.6. The van der Waals surface area contributed by atoms with Crippen LogP contribution >= 0.6 is 12.2 Å². The molecule has 0 spiro atoms. The number of ether oxygens (including phenoxy) is 1. The molecule has 0 aliphatic carbocycles. The van der Waals surface area contributed by atoms with Crippen molar-refractivity contribution in [3.8, 4) is 5.75 Å². The summed E-state index contributed by atoms with van der Waals surface area (Å²) in [5.74, 6) is 0.0987. The van der Waals surface area contributed by atoms with Crippen LogP contribution in [0, 0.1) is 0 Å².